The van der Waals surface area contributed by atoms with Crippen molar-refractivity contribution in [2.75, 3.05) is 6.61 Å². The second kappa shape index (κ2) is 6.02. The molecule has 0 aromatic carbocycles. The van der Waals surface area contributed by atoms with Crippen LogP contribution in [0.15, 0.2) is 0 Å². The highest BCUT2D eigenvalue weighted by Gasteiger charge is 2.18. The summed E-state index contributed by atoms with van der Waals surface area (Å²) in [6.45, 7) is 10.4. The van der Waals surface area contributed by atoms with Gasteiger partial charge < -0.3 is 10.1 Å². The first-order valence-corrected chi connectivity index (χ1v) is 5.27. The van der Waals surface area contributed by atoms with E-state index in [-0.39, 0.29) is 11.4 Å². The van der Waals surface area contributed by atoms with Gasteiger partial charge in [-0.2, -0.15) is 0 Å². The van der Waals surface area contributed by atoms with Gasteiger partial charge >= 0.3 is 0 Å². The van der Waals surface area contributed by atoms with Gasteiger partial charge in [-0.05, 0) is 33.6 Å². The highest BCUT2D eigenvalue weighted by Crippen LogP contribution is 2.09. The van der Waals surface area contributed by atoms with Crippen molar-refractivity contribution in [2.45, 2.75) is 59.1 Å². The lowest BCUT2D eigenvalue weighted by Gasteiger charge is -2.26. The largest absolute Gasteiger partial charge is 0.378 e. The van der Waals surface area contributed by atoms with Crippen molar-refractivity contribution >= 4 is 5.91 Å². The van der Waals surface area contributed by atoms with Crippen LogP contribution < -0.4 is 5.32 Å². The topological polar surface area (TPSA) is 38.3 Å². The fourth-order valence-electron chi connectivity index (χ4n) is 1.17. The van der Waals surface area contributed by atoms with Gasteiger partial charge in [0.2, 0.25) is 5.91 Å². The van der Waals surface area contributed by atoms with Crippen molar-refractivity contribution < 1.29 is 9.53 Å². The zero-order valence-corrected chi connectivity index (χ0v) is 10.0. The van der Waals surface area contributed by atoms with Crippen LogP contribution in [0.3, 0.4) is 0 Å². The third-order valence-electron chi connectivity index (χ3n) is 2.22. The van der Waals surface area contributed by atoms with Crippen molar-refractivity contribution in [3.05, 3.63) is 0 Å². The molecule has 84 valence electrons. The lowest BCUT2D eigenvalue weighted by atomic mass is 10.0. The van der Waals surface area contributed by atoms with E-state index < -0.39 is 0 Å². The summed E-state index contributed by atoms with van der Waals surface area (Å²) in [4.78, 5) is 10.9. The first kappa shape index (κ1) is 13.4. The standard InChI is InChI=1S/C11H23NO2/c1-6-9(2)14-8-7-11(4,5)12-10(3)13/h9H,6-8H2,1-5H3,(H,12,13). The van der Waals surface area contributed by atoms with Crippen LogP contribution in [-0.2, 0) is 9.53 Å². The molecule has 0 saturated carbocycles. The smallest absolute Gasteiger partial charge is 0.217 e. The average molecular weight is 201 g/mol. The minimum atomic E-state index is -0.167. The Balaban J connectivity index is 3.70. The molecule has 1 amide bonds. The third-order valence-corrected chi connectivity index (χ3v) is 2.22. The second-order valence-electron chi connectivity index (χ2n) is 4.40. The Bertz CT molecular complexity index is 178. The van der Waals surface area contributed by atoms with Crippen molar-refractivity contribution in [1.29, 1.82) is 0 Å². The predicted molar refractivity (Wildman–Crippen MR) is 58.2 cm³/mol. The summed E-state index contributed by atoms with van der Waals surface area (Å²) in [7, 11) is 0. The molecule has 0 saturated heterocycles. The molecule has 3 nitrogen and oxygen atoms in total. The van der Waals surface area contributed by atoms with Crippen molar-refractivity contribution in [3.8, 4) is 0 Å². The fourth-order valence-corrected chi connectivity index (χ4v) is 1.17. The zero-order chi connectivity index (χ0) is 11.2. The van der Waals surface area contributed by atoms with Crippen molar-refractivity contribution in [3.63, 3.8) is 0 Å². The Kier molecular flexibility index (Phi) is 5.77. The summed E-state index contributed by atoms with van der Waals surface area (Å²) in [5.74, 6) is 0.0125. The lowest BCUT2D eigenvalue weighted by molar-refractivity contribution is -0.120. The maximum atomic E-state index is 10.9. The van der Waals surface area contributed by atoms with Gasteiger partial charge in [-0.3, -0.25) is 4.79 Å². The van der Waals surface area contributed by atoms with Crippen LogP contribution in [0.4, 0.5) is 0 Å². The number of carbonyl (C=O) groups excluding carboxylic acids is 1. The van der Waals surface area contributed by atoms with Crippen molar-refractivity contribution in [2.24, 2.45) is 0 Å². The highest BCUT2D eigenvalue weighted by atomic mass is 16.5. The van der Waals surface area contributed by atoms with Gasteiger partial charge in [0.1, 0.15) is 0 Å². The minimum absolute atomic E-state index is 0.0125. The maximum absolute atomic E-state index is 10.9. The van der Waals surface area contributed by atoms with Crippen LogP contribution >= 0.6 is 0 Å². The van der Waals surface area contributed by atoms with Crippen molar-refractivity contribution in [1.82, 2.24) is 5.32 Å². The number of rotatable bonds is 6. The zero-order valence-electron chi connectivity index (χ0n) is 10.0. The Hall–Kier alpha value is -0.570. The summed E-state index contributed by atoms with van der Waals surface area (Å²) in [6.07, 6.45) is 2.18. The number of hydrogen-bond acceptors (Lipinski definition) is 2. The van der Waals surface area contributed by atoms with E-state index in [4.69, 9.17) is 4.74 Å². The summed E-state index contributed by atoms with van der Waals surface area (Å²) in [5, 5.41) is 2.89. The van der Waals surface area contributed by atoms with E-state index >= 15 is 0 Å². The van der Waals surface area contributed by atoms with Gasteiger partial charge in [0.15, 0.2) is 0 Å². The van der Waals surface area contributed by atoms with E-state index in [1.165, 1.54) is 6.92 Å². The summed E-state index contributed by atoms with van der Waals surface area (Å²) < 4.78 is 5.56. The number of amides is 1. The summed E-state index contributed by atoms with van der Waals surface area (Å²) in [5.41, 5.74) is -0.167. The molecule has 14 heavy (non-hydrogen) atoms. The van der Waals surface area contributed by atoms with Gasteiger partial charge in [-0.1, -0.05) is 6.92 Å². The van der Waals surface area contributed by atoms with Gasteiger partial charge in [-0.25, -0.2) is 0 Å². The molecule has 0 bridgehead atoms. The molecular formula is C11H23NO2. The molecule has 0 aliphatic carbocycles. The molecule has 0 fully saturated rings. The summed E-state index contributed by atoms with van der Waals surface area (Å²) >= 11 is 0. The maximum Gasteiger partial charge on any atom is 0.217 e. The van der Waals surface area contributed by atoms with E-state index in [2.05, 4.69) is 19.2 Å². The van der Waals surface area contributed by atoms with Crippen LogP contribution in [0.25, 0.3) is 0 Å². The molecule has 0 aliphatic rings. The quantitative estimate of drug-likeness (QED) is 0.714. The second-order valence-corrected chi connectivity index (χ2v) is 4.40. The predicted octanol–water partition coefficient (Wildman–Crippen LogP) is 2.11. The first-order chi connectivity index (χ1) is 6.37. The molecule has 0 radical (unpaired) electrons. The van der Waals surface area contributed by atoms with Crippen LogP contribution in [-0.4, -0.2) is 24.2 Å². The van der Waals surface area contributed by atoms with Gasteiger partial charge in [0.05, 0.1) is 6.10 Å². The molecule has 0 aliphatic heterocycles. The number of hydrogen-bond donors (Lipinski definition) is 1. The number of nitrogens with one attached hydrogen (secondary N) is 1. The molecule has 0 spiro atoms. The first-order valence-electron chi connectivity index (χ1n) is 5.27. The lowest BCUT2D eigenvalue weighted by Crippen LogP contribution is -2.43. The molecule has 1 unspecified atom stereocenters. The fraction of sp³-hybridized carbons (Fsp3) is 0.909. The highest BCUT2D eigenvalue weighted by molar-refractivity contribution is 5.73. The monoisotopic (exact) mass is 201 g/mol. The molecule has 3 heteroatoms. The molecule has 0 aromatic rings. The number of carbonyl (C=O) groups is 1. The van der Waals surface area contributed by atoms with E-state index in [0.29, 0.717) is 12.7 Å². The van der Waals surface area contributed by atoms with Crippen LogP contribution in [0, 0.1) is 0 Å². The van der Waals surface area contributed by atoms with Crippen LogP contribution in [0.1, 0.15) is 47.5 Å². The minimum Gasteiger partial charge on any atom is -0.378 e. The Morgan fingerprint density at radius 3 is 2.50 bits per heavy atom. The van der Waals surface area contributed by atoms with E-state index in [0.717, 1.165) is 12.8 Å². The van der Waals surface area contributed by atoms with Crippen LogP contribution in [0.2, 0.25) is 0 Å². The van der Waals surface area contributed by atoms with E-state index in [1.807, 2.05) is 13.8 Å². The Labute approximate surface area is 87.2 Å². The number of ether oxygens (including phenoxy) is 1. The Morgan fingerprint density at radius 2 is 2.07 bits per heavy atom. The van der Waals surface area contributed by atoms with Gasteiger partial charge in [0.25, 0.3) is 0 Å². The van der Waals surface area contributed by atoms with E-state index in [9.17, 15) is 4.79 Å². The molecule has 0 heterocycles. The molecule has 0 aromatic heterocycles. The SMILES string of the molecule is CCC(C)OCCC(C)(C)NC(C)=O. The van der Waals surface area contributed by atoms with Gasteiger partial charge in [-0.15, -0.1) is 0 Å². The molecule has 0 rings (SSSR count). The normalized spacial score (nSPS) is 13.8. The Morgan fingerprint density at radius 1 is 1.50 bits per heavy atom. The summed E-state index contributed by atoms with van der Waals surface area (Å²) in [6, 6.07) is 0. The van der Waals surface area contributed by atoms with E-state index in [1.54, 1.807) is 0 Å². The average Bonchev–Trinajstić information content (AvgIpc) is 2.01. The molecule has 1 atom stereocenters. The van der Waals surface area contributed by atoms with Crippen LogP contribution in [0.5, 0.6) is 0 Å². The van der Waals surface area contributed by atoms with Gasteiger partial charge in [0, 0.05) is 19.1 Å². The molecule has 1 N–H and O–H groups in total. The molecular weight excluding hydrogens is 178 g/mol. The third kappa shape index (κ3) is 6.89.